The Labute approximate surface area is 148 Å². The number of imide groups is 1. The number of hydrogen-bond acceptors (Lipinski definition) is 5. The lowest BCUT2D eigenvalue weighted by atomic mass is 9.81. The number of rotatable bonds is 4. The molecule has 0 aromatic heterocycles. The molecule has 0 unspecified atom stereocenters. The van der Waals surface area contributed by atoms with Gasteiger partial charge in [0.05, 0.1) is 18.1 Å². The van der Waals surface area contributed by atoms with E-state index in [4.69, 9.17) is 0 Å². The van der Waals surface area contributed by atoms with Gasteiger partial charge in [-0.2, -0.15) is 0 Å². The van der Waals surface area contributed by atoms with Crippen molar-refractivity contribution in [2.45, 2.75) is 44.6 Å². The Morgan fingerprint density at radius 2 is 1.56 bits per heavy atom. The zero-order valence-electron chi connectivity index (χ0n) is 14.4. The molecule has 1 N–H and O–H groups in total. The standard InChI is InChI=1S/C16H25N3O5S/c1-25(23,24)18-8-6-11(7-9-18)17-14(20)10-19-15(21)12-4-2-3-5-13(12)16(19)22/h11-13H,2-10H2,1H3,(H,17,20)/t12-,13-/m0/s1. The second-order valence-corrected chi connectivity index (χ2v) is 9.25. The van der Waals surface area contributed by atoms with Crippen LogP contribution in [0.2, 0.25) is 0 Å². The molecule has 0 spiro atoms. The average Bonchev–Trinajstić information content (AvgIpc) is 2.80. The van der Waals surface area contributed by atoms with Gasteiger partial charge >= 0.3 is 0 Å². The van der Waals surface area contributed by atoms with Gasteiger partial charge in [0.1, 0.15) is 6.54 Å². The first-order valence-corrected chi connectivity index (χ1v) is 10.7. The molecule has 2 aliphatic heterocycles. The Bertz CT molecular complexity index is 645. The highest BCUT2D eigenvalue weighted by Crippen LogP contribution is 2.37. The third kappa shape index (κ3) is 3.87. The van der Waals surface area contributed by atoms with Crippen molar-refractivity contribution in [3.8, 4) is 0 Å². The van der Waals surface area contributed by atoms with Crippen LogP contribution < -0.4 is 5.32 Å². The van der Waals surface area contributed by atoms with E-state index in [0.717, 1.165) is 30.6 Å². The van der Waals surface area contributed by atoms with Crippen LogP contribution in [0.4, 0.5) is 0 Å². The van der Waals surface area contributed by atoms with E-state index in [1.54, 1.807) is 0 Å². The van der Waals surface area contributed by atoms with Crippen LogP contribution in [0.5, 0.6) is 0 Å². The van der Waals surface area contributed by atoms with Crippen LogP contribution in [0.15, 0.2) is 0 Å². The highest BCUT2D eigenvalue weighted by atomic mass is 32.2. The van der Waals surface area contributed by atoms with E-state index in [0.29, 0.717) is 25.9 Å². The van der Waals surface area contributed by atoms with Crippen molar-refractivity contribution in [1.82, 2.24) is 14.5 Å². The largest absolute Gasteiger partial charge is 0.352 e. The number of sulfonamides is 1. The lowest BCUT2D eigenvalue weighted by molar-refractivity contribution is -0.143. The maximum Gasteiger partial charge on any atom is 0.240 e. The molecule has 3 rings (SSSR count). The first kappa shape index (κ1) is 18.3. The van der Waals surface area contributed by atoms with Crippen molar-refractivity contribution < 1.29 is 22.8 Å². The maximum absolute atomic E-state index is 12.4. The van der Waals surface area contributed by atoms with E-state index in [9.17, 15) is 22.8 Å². The van der Waals surface area contributed by atoms with Gasteiger partial charge in [0, 0.05) is 19.1 Å². The molecule has 1 aliphatic carbocycles. The predicted molar refractivity (Wildman–Crippen MR) is 89.7 cm³/mol. The summed E-state index contributed by atoms with van der Waals surface area (Å²) in [6.45, 7) is 0.516. The minimum atomic E-state index is -3.20. The Kier molecular flexibility index (Phi) is 5.15. The number of amides is 3. The molecule has 3 aliphatic rings. The van der Waals surface area contributed by atoms with Gasteiger partial charge < -0.3 is 5.32 Å². The molecule has 0 aromatic carbocycles. The summed E-state index contributed by atoms with van der Waals surface area (Å²) in [6.07, 6.45) is 5.63. The number of nitrogens with zero attached hydrogens (tertiary/aromatic N) is 2. The number of hydrogen-bond donors (Lipinski definition) is 1. The number of carbonyl (C=O) groups excluding carboxylic acids is 3. The minimum absolute atomic E-state index is 0.124. The zero-order chi connectivity index (χ0) is 18.2. The fourth-order valence-electron chi connectivity index (χ4n) is 4.14. The Balaban J connectivity index is 1.52. The van der Waals surface area contributed by atoms with E-state index in [2.05, 4.69) is 5.32 Å². The van der Waals surface area contributed by atoms with Gasteiger partial charge in [0.15, 0.2) is 0 Å². The number of nitrogens with one attached hydrogen (secondary N) is 1. The summed E-state index contributed by atoms with van der Waals surface area (Å²) in [5, 5.41) is 2.83. The second kappa shape index (κ2) is 7.03. The first-order valence-electron chi connectivity index (χ1n) is 8.87. The predicted octanol–water partition coefficient (Wildman–Crippen LogP) is -0.298. The van der Waals surface area contributed by atoms with Crippen molar-refractivity contribution in [3.05, 3.63) is 0 Å². The quantitative estimate of drug-likeness (QED) is 0.684. The molecule has 1 saturated carbocycles. The van der Waals surface area contributed by atoms with Crippen molar-refractivity contribution in [3.63, 3.8) is 0 Å². The van der Waals surface area contributed by atoms with Crippen LogP contribution in [0.1, 0.15) is 38.5 Å². The summed E-state index contributed by atoms with van der Waals surface area (Å²) in [6, 6.07) is -0.124. The highest BCUT2D eigenvalue weighted by Gasteiger charge is 2.48. The number of likely N-dealkylation sites (tertiary alicyclic amines) is 1. The smallest absolute Gasteiger partial charge is 0.240 e. The molecular formula is C16H25N3O5S. The molecule has 0 aromatic rings. The summed E-state index contributed by atoms with van der Waals surface area (Å²) < 4.78 is 24.4. The monoisotopic (exact) mass is 371 g/mol. The summed E-state index contributed by atoms with van der Waals surface area (Å²) in [7, 11) is -3.20. The van der Waals surface area contributed by atoms with Crippen LogP contribution >= 0.6 is 0 Å². The molecular weight excluding hydrogens is 346 g/mol. The van der Waals surface area contributed by atoms with Crippen LogP contribution in [-0.4, -0.2) is 67.3 Å². The van der Waals surface area contributed by atoms with Crippen molar-refractivity contribution in [2.75, 3.05) is 25.9 Å². The van der Waals surface area contributed by atoms with Crippen LogP contribution in [0.3, 0.4) is 0 Å². The van der Waals surface area contributed by atoms with Crippen molar-refractivity contribution >= 4 is 27.7 Å². The van der Waals surface area contributed by atoms with Gasteiger partial charge in [-0.3, -0.25) is 19.3 Å². The van der Waals surface area contributed by atoms with Gasteiger partial charge in [0.25, 0.3) is 0 Å². The third-order valence-corrected chi connectivity index (χ3v) is 6.83. The van der Waals surface area contributed by atoms with Crippen molar-refractivity contribution in [1.29, 1.82) is 0 Å². The van der Waals surface area contributed by atoms with Gasteiger partial charge in [0.2, 0.25) is 27.7 Å². The maximum atomic E-state index is 12.4. The summed E-state index contributed by atoms with van der Waals surface area (Å²) in [5.41, 5.74) is 0. The Morgan fingerprint density at radius 3 is 2.04 bits per heavy atom. The molecule has 2 saturated heterocycles. The van der Waals surface area contributed by atoms with Gasteiger partial charge in [-0.1, -0.05) is 12.8 Å². The Hall–Kier alpha value is -1.48. The molecule has 2 heterocycles. The van der Waals surface area contributed by atoms with Crippen LogP contribution in [-0.2, 0) is 24.4 Å². The zero-order valence-corrected chi connectivity index (χ0v) is 15.3. The van der Waals surface area contributed by atoms with E-state index < -0.39 is 10.0 Å². The number of piperidine rings is 1. The Morgan fingerprint density at radius 1 is 1.04 bits per heavy atom. The summed E-state index contributed by atoms with van der Waals surface area (Å²) >= 11 is 0. The molecule has 0 bridgehead atoms. The first-order chi connectivity index (χ1) is 11.8. The number of carbonyl (C=O) groups is 3. The second-order valence-electron chi connectivity index (χ2n) is 7.26. The minimum Gasteiger partial charge on any atom is -0.352 e. The number of fused-ring (bicyclic) bond motifs is 1. The SMILES string of the molecule is CS(=O)(=O)N1CCC(NC(=O)CN2C(=O)[C@H]3CCCC[C@@H]3C2=O)CC1. The molecule has 25 heavy (non-hydrogen) atoms. The molecule has 3 amide bonds. The van der Waals surface area contributed by atoms with Crippen molar-refractivity contribution in [2.24, 2.45) is 11.8 Å². The molecule has 8 nitrogen and oxygen atoms in total. The van der Waals surface area contributed by atoms with Gasteiger partial charge in [-0.05, 0) is 25.7 Å². The fourth-order valence-corrected chi connectivity index (χ4v) is 5.01. The van der Waals surface area contributed by atoms with Gasteiger partial charge in [-0.15, -0.1) is 0 Å². The molecule has 2 atom stereocenters. The average molecular weight is 371 g/mol. The molecule has 0 radical (unpaired) electrons. The normalized spacial score (nSPS) is 28.9. The lowest BCUT2D eigenvalue weighted by Crippen LogP contribution is -2.49. The van der Waals surface area contributed by atoms with E-state index >= 15 is 0 Å². The fraction of sp³-hybridized carbons (Fsp3) is 0.812. The van der Waals surface area contributed by atoms with Gasteiger partial charge in [-0.25, -0.2) is 12.7 Å². The summed E-state index contributed by atoms with van der Waals surface area (Å²) in [4.78, 5) is 38.1. The highest BCUT2D eigenvalue weighted by molar-refractivity contribution is 7.88. The molecule has 3 fully saturated rings. The van der Waals surface area contributed by atoms with Crippen LogP contribution in [0, 0.1) is 11.8 Å². The third-order valence-electron chi connectivity index (χ3n) is 5.52. The molecule has 140 valence electrons. The van der Waals surface area contributed by atoms with E-state index in [1.165, 1.54) is 10.6 Å². The van der Waals surface area contributed by atoms with E-state index in [1.807, 2.05) is 0 Å². The topological polar surface area (TPSA) is 104 Å². The van der Waals surface area contributed by atoms with Crippen LogP contribution in [0.25, 0.3) is 0 Å². The van der Waals surface area contributed by atoms with E-state index in [-0.39, 0.29) is 42.1 Å². The summed E-state index contributed by atoms with van der Waals surface area (Å²) in [5.74, 6) is -1.26. The lowest BCUT2D eigenvalue weighted by Gasteiger charge is -2.30. The molecule has 9 heteroatoms.